The molecule has 1 rings (SSSR count). The van der Waals surface area contributed by atoms with Crippen LogP contribution in [-0.4, -0.2) is 0 Å². The van der Waals surface area contributed by atoms with Gasteiger partial charge in [0.1, 0.15) is 0 Å². The van der Waals surface area contributed by atoms with Gasteiger partial charge in [0.25, 0.3) is 0 Å². The van der Waals surface area contributed by atoms with Crippen molar-refractivity contribution in [3.63, 3.8) is 0 Å². The molecule has 0 aliphatic heterocycles. The number of anilines is 2. The molecule has 0 aliphatic rings. The van der Waals surface area contributed by atoms with Gasteiger partial charge in [0.05, 0.1) is 11.4 Å². The number of hydrogen-bond donors (Lipinski definition) is 2. The fraction of sp³-hybridized carbons (Fsp3) is 0.143. The first-order chi connectivity index (χ1) is 4.22. The van der Waals surface area contributed by atoms with Gasteiger partial charge in [-0.15, -0.1) is 12.4 Å². The number of aryl methyl sites for hydroxylation is 1. The molecule has 0 fully saturated rings. The molecule has 0 spiro atoms. The van der Waals surface area contributed by atoms with Gasteiger partial charge in [-0.05, 0) is 18.6 Å². The number of hydrogen-bond acceptors (Lipinski definition) is 2. The largest absolute Gasteiger partial charge is 0.397 e. The first-order valence-corrected chi connectivity index (χ1v) is 2.82. The number of halogens is 1. The molecule has 2 nitrogen and oxygen atoms in total. The Morgan fingerprint density at radius 3 is 2.20 bits per heavy atom. The summed E-state index contributed by atoms with van der Waals surface area (Å²) in [6, 6.07) is 5.62. The summed E-state index contributed by atoms with van der Waals surface area (Å²) in [4.78, 5) is 0. The second-order valence-electron chi connectivity index (χ2n) is 2.08. The van der Waals surface area contributed by atoms with Crippen LogP contribution in [-0.2, 0) is 0 Å². The summed E-state index contributed by atoms with van der Waals surface area (Å²) in [5.74, 6) is 0. The molecule has 0 atom stereocenters. The van der Waals surface area contributed by atoms with Crippen molar-refractivity contribution < 1.29 is 0 Å². The highest BCUT2D eigenvalue weighted by Gasteiger charge is 1.93. The lowest BCUT2D eigenvalue weighted by molar-refractivity contribution is 1.47. The number of para-hydroxylation sites is 1. The fourth-order valence-electron chi connectivity index (χ4n) is 0.703. The molecule has 1 aromatic rings. The Kier molecular flexibility index (Phi) is 3.03. The van der Waals surface area contributed by atoms with E-state index >= 15 is 0 Å². The highest BCUT2D eigenvalue weighted by atomic mass is 35.5. The average Bonchev–Trinajstić information content (AvgIpc) is 1.83. The molecule has 0 aromatic heterocycles. The van der Waals surface area contributed by atoms with Gasteiger partial charge in [-0.25, -0.2) is 0 Å². The third kappa shape index (κ3) is 1.54. The third-order valence-corrected chi connectivity index (χ3v) is 1.36. The Morgan fingerprint density at radius 1 is 1.20 bits per heavy atom. The van der Waals surface area contributed by atoms with Crippen LogP contribution in [0.5, 0.6) is 0 Å². The van der Waals surface area contributed by atoms with Gasteiger partial charge in [0.2, 0.25) is 0 Å². The van der Waals surface area contributed by atoms with Gasteiger partial charge in [0.15, 0.2) is 0 Å². The minimum Gasteiger partial charge on any atom is -0.397 e. The average molecular weight is 159 g/mol. The van der Waals surface area contributed by atoms with Crippen LogP contribution in [0, 0.1) is 6.92 Å². The SMILES string of the molecule is Cc1cccc(N)c1N.Cl. The van der Waals surface area contributed by atoms with E-state index in [0.29, 0.717) is 11.4 Å². The Hall–Kier alpha value is -0.890. The summed E-state index contributed by atoms with van der Waals surface area (Å²) in [5.41, 5.74) is 13.4. The molecular formula is C7H11ClN2. The Labute approximate surface area is 66.6 Å². The molecule has 4 N–H and O–H groups in total. The lowest BCUT2D eigenvalue weighted by Gasteiger charge is -2.00. The Balaban J connectivity index is 0.000000810. The van der Waals surface area contributed by atoms with E-state index in [0.717, 1.165) is 5.56 Å². The number of nitrogen functional groups attached to an aromatic ring is 2. The van der Waals surface area contributed by atoms with Crippen LogP contribution >= 0.6 is 12.4 Å². The molecule has 0 heterocycles. The zero-order chi connectivity index (χ0) is 6.85. The molecule has 0 aliphatic carbocycles. The molecule has 3 heteroatoms. The maximum absolute atomic E-state index is 5.56. The van der Waals surface area contributed by atoms with Gasteiger partial charge < -0.3 is 11.5 Å². The molecule has 0 radical (unpaired) electrons. The number of nitrogens with two attached hydrogens (primary N) is 2. The van der Waals surface area contributed by atoms with Gasteiger partial charge in [0, 0.05) is 0 Å². The van der Waals surface area contributed by atoms with Crippen molar-refractivity contribution in [3.8, 4) is 0 Å². The fourth-order valence-corrected chi connectivity index (χ4v) is 0.703. The Bertz CT molecular complexity index is 203. The van der Waals surface area contributed by atoms with Crippen molar-refractivity contribution in [2.45, 2.75) is 6.92 Å². The van der Waals surface area contributed by atoms with E-state index in [1.54, 1.807) is 6.07 Å². The lowest BCUT2D eigenvalue weighted by Crippen LogP contribution is -1.95. The highest BCUT2D eigenvalue weighted by molar-refractivity contribution is 5.85. The van der Waals surface area contributed by atoms with Crippen LogP contribution in [0.15, 0.2) is 18.2 Å². The summed E-state index contributed by atoms with van der Waals surface area (Å²) in [7, 11) is 0. The second kappa shape index (κ2) is 3.32. The van der Waals surface area contributed by atoms with Crippen molar-refractivity contribution in [1.29, 1.82) is 0 Å². The van der Waals surface area contributed by atoms with Crippen LogP contribution < -0.4 is 11.5 Å². The lowest BCUT2D eigenvalue weighted by atomic mass is 10.2. The summed E-state index contributed by atoms with van der Waals surface area (Å²) in [6.07, 6.45) is 0. The van der Waals surface area contributed by atoms with Crippen LogP contribution in [0.3, 0.4) is 0 Å². The van der Waals surface area contributed by atoms with E-state index in [-0.39, 0.29) is 12.4 Å². The van der Waals surface area contributed by atoms with Crippen molar-refractivity contribution in [2.75, 3.05) is 11.5 Å². The molecule has 10 heavy (non-hydrogen) atoms. The van der Waals surface area contributed by atoms with Gasteiger partial charge in [-0.3, -0.25) is 0 Å². The summed E-state index contributed by atoms with van der Waals surface area (Å²) in [5, 5.41) is 0. The molecule has 0 unspecified atom stereocenters. The summed E-state index contributed by atoms with van der Waals surface area (Å²) >= 11 is 0. The smallest absolute Gasteiger partial charge is 0.0577 e. The van der Waals surface area contributed by atoms with Crippen LogP contribution in [0.1, 0.15) is 5.56 Å². The molecular weight excluding hydrogens is 148 g/mol. The molecule has 1 aromatic carbocycles. The monoisotopic (exact) mass is 158 g/mol. The molecule has 0 saturated heterocycles. The van der Waals surface area contributed by atoms with E-state index in [1.165, 1.54) is 0 Å². The predicted octanol–water partition coefficient (Wildman–Crippen LogP) is 1.58. The zero-order valence-electron chi connectivity index (χ0n) is 5.79. The Morgan fingerprint density at radius 2 is 1.80 bits per heavy atom. The number of rotatable bonds is 0. The van der Waals surface area contributed by atoms with Gasteiger partial charge in [-0.2, -0.15) is 0 Å². The second-order valence-corrected chi connectivity index (χ2v) is 2.08. The maximum atomic E-state index is 5.56. The minimum atomic E-state index is 0. The third-order valence-electron chi connectivity index (χ3n) is 1.36. The van der Waals surface area contributed by atoms with E-state index < -0.39 is 0 Å². The van der Waals surface area contributed by atoms with Crippen LogP contribution in [0.2, 0.25) is 0 Å². The predicted molar refractivity (Wildman–Crippen MR) is 47.3 cm³/mol. The van der Waals surface area contributed by atoms with Crippen molar-refractivity contribution in [1.82, 2.24) is 0 Å². The van der Waals surface area contributed by atoms with E-state index in [9.17, 15) is 0 Å². The zero-order valence-corrected chi connectivity index (χ0v) is 6.61. The summed E-state index contributed by atoms with van der Waals surface area (Å²) in [6.45, 7) is 1.94. The minimum absolute atomic E-state index is 0. The van der Waals surface area contributed by atoms with Crippen molar-refractivity contribution in [2.24, 2.45) is 0 Å². The summed E-state index contributed by atoms with van der Waals surface area (Å²) < 4.78 is 0. The quantitative estimate of drug-likeness (QED) is 0.564. The first-order valence-electron chi connectivity index (χ1n) is 2.82. The molecule has 0 bridgehead atoms. The van der Waals surface area contributed by atoms with Crippen LogP contribution in [0.4, 0.5) is 11.4 Å². The molecule has 0 amide bonds. The first kappa shape index (κ1) is 9.11. The molecule has 56 valence electrons. The van der Waals surface area contributed by atoms with Gasteiger partial charge in [-0.1, -0.05) is 12.1 Å². The standard InChI is InChI=1S/C7H10N2.ClH/c1-5-3-2-4-6(8)7(5)9;/h2-4H,8-9H2,1H3;1H. The highest BCUT2D eigenvalue weighted by Crippen LogP contribution is 2.17. The van der Waals surface area contributed by atoms with E-state index in [2.05, 4.69) is 0 Å². The van der Waals surface area contributed by atoms with Crippen molar-refractivity contribution in [3.05, 3.63) is 23.8 Å². The van der Waals surface area contributed by atoms with Crippen LogP contribution in [0.25, 0.3) is 0 Å². The number of benzene rings is 1. The van der Waals surface area contributed by atoms with E-state index in [4.69, 9.17) is 11.5 Å². The topological polar surface area (TPSA) is 52.0 Å². The maximum Gasteiger partial charge on any atom is 0.0577 e. The molecule has 0 saturated carbocycles. The van der Waals surface area contributed by atoms with E-state index in [1.807, 2.05) is 19.1 Å². The van der Waals surface area contributed by atoms with Gasteiger partial charge >= 0.3 is 0 Å². The van der Waals surface area contributed by atoms with Crippen molar-refractivity contribution >= 4 is 23.8 Å². The normalized spacial score (nSPS) is 8.50.